The maximum absolute atomic E-state index is 11.2. The highest BCUT2D eigenvalue weighted by atomic mass is 16.5. The average molecular weight is 408 g/mol. The van der Waals surface area contributed by atoms with Crippen LogP contribution < -0.4 is 10.4 Å². The molecule has 9 nitrogen and oxygen atoms in total. The van der Waals surface area contributed by atoms with Crippen molar-refractivity contribution in [3.63, 3.8) is 0 Å². The lowest BCUT2D eigenvalue weighted by molar-refractivity contribution is -0.150. The molecule has 9 heteroatoms. The van der Waals surface area contributed by atoms with Gasteiger partial charge in [-0.25, -0.2) is 15.4 Å². The van der Waals surface area contributed by atoms with Crippen LogP contribution in [0.25, 0.3) is 0 Å². The molecule has 2 atom stereocenters. The molecule has 2 saturated heterocycles. The highest BCUT2D eigenvalue weighted by Gasteiger charge is 2.37. The fraction of sp³-hybridized carbons (Fsp3) is 0.700. The lowest BCUT2D eigenvalue weighted by Gasteiger charge is -2.47. The van der Waals surface area contributed by atoms with Crippen molar-refractivity contribution in [2.75, 3.05) is 24.7 Å². The smallest absolute Gasteiger partial charge is 0.302 e. The van der Waals surface area contributed by atoms with Crippen molar-refractivity contribution >= 4 is 17.8 Å². The Morgan fingerprint density at radius 2 is 1.93 bits per heavy atom. The number of hydrogen-bond donors (Lipinski definition) is 2. The summed E-state index contributed by atoms with van der Waals surface area (Å²) in [5.74, 6) is 1.15. The molecule has 2 aliphatic heterocycles. The van der Waals surface area contributed by atoms with Crippen molar-refractivity contribution < 1.29 is 24.3 Å². The molecule has 2 fully saturated rings. The number of carbonyl (C=O) groups excluding carboxylic acids is 2. The van der Waals surface area contributed by atoms with Gasteiger partial charge >= 0.3 is 5.97 Å². The summed E-state index contributed by atoms with van der Waals surface area (Å²) in [5, 5.41) is 8.53. The Labute approximate surface area is 171 Å². The Morgan fingerprint density at radius 1 is 1.31 bits per heavy atom. The third kappa shape index (κ3) is 6.93. The molecule has 3 heterocycles. The Hall–Kier alpha value is -2.26. The van der Waals surface area contributed by atoms with Crippen LogP contribution in [-0.4, -0.2) is 59.0 Å². The van der Waals surface area contributed by atoms with Crippen molar-refractivity contribution in [3.8, 4) is 0 Å². The monoisotopic (exact) mass is 408 g/mol. The van der Waals surface area contributed by atoms with Gasteiger partial charge in [0.15, 0.2) is 0 Å². The molecule has 0 aliphatic carbocycles. The Balaban J connectivity index is 0.000000253. The molecule has 1 amide bonds. The lowest BCUT2D eigenvalue weighted by Crippen LogP contribution is -2.56. The van der Waals surface area contributed by atoms with Crippen LogP contribution in [0, 0.1) is 11.8 Å². The van der Waals surface area contributed by atoms with Gasteiger partial charge < -0.3 is 14.4 Å². The molecule has 0 aromatic carbocycles. The first-order valence-corrected chi connectivity index (χ1v) is 10.1. The zero-order chi connectivity index (χ0) is 21.4. The number of rotatable bonds is 5. The number of hydroxylamine groups is 1. The van der Waals surface area contributed by atoms with Crippen molar-refractivity contribution in [3.05, 3.63) is 18.0 Å². The zero-order valence-electron chi connectivity index (χ0n) is 17.6. The Kier molecular flexibility index (Phi) is 8.78. The van der Waals surface area contributed by atoms with E-state index >= 15 is 0 Å². The summed E-state index contributed by atoms with van der Waals surface area (Å²) in [6.07, 6.45) is 5.78. The second-order valence-electron chi connectivity index (χ2n) is 7.96. The molecule has 2 unspecified atom stereocenters. The Morgan fingerprint density at radius 3 is 2.41 bits per heavy atom. The summed E-state index contributed by atoms with van der Waals surface area (Å²) < 4.78 is 10.1. The summed E-state index contributed by atoms with van der Waals surface area (Å²) in [5.41, 5.74) is 1.82. The first kappa shape index (κ1) is 23.0. The molecule has 1 aromatic heterocycles. The van der Waals surface area contributed by atoms with E-state index in [1.165, 1.54) is 19.3 Å². The highest BCUT2D eigenvalue weighted by Crippen LogP contribution is 2.32. The molecule has 2 aliphatic rings. The summed E-state index contributed by atoms with van der Waals surface area (Å²) in [6, 6.07) is 0.470. The SMILES string of the molecule is CC(=O)OC1CCOCC1.CC(C)CC1C(C)CN1c1ncc(C(=O)NO)cn1. The van der Waals surface area contributed by atoms with Gasteiger partial charge in [0, 0.05) is 44.7 Å². The van der Waals surface area contributed by atoms with E-state index in [1.807, 2.05) is 0 Å². The van der Waals surface area contributed by atoms with E-state index in [4.69, 9.17) is 14.7 Å². The van der Waals surface area contributed by atoms with E-state index in [9.17, 15) is 9.59 Å². The summed E-state index contributed by atoms with van der Waals surface area (Å²) in [6.45, 7) is 10.5. The number of esters is 1. The first-order chi connectivity index (χ1) is 13.8. The second-order valence-corrected chi connectivity index (χ2v) is 7.96. The van der Waals surface area contributed by atoms with Gasteiger partial charge in [0.1, 0.15) is 6.10 Å². The number of nitrogens with zero attached hydrogens (tertiary/aromatic N) is 3. The van der Waals surface area contributed by atoms with Gasteiger partial charge in [-0.05, 0) is 18.3 Å². The van der Waals surface area contributed by atoms with Crippen LogP contribution in [0.15, 0.2) is 12.4 Å². The summed E-state index contributed by atoms with van der Waals surface area (Å²) >= 11 is 0. The molecule has 0 spiro atoms. The van der Waals surface area contributed by atoms with E-state index in [2.05, 4.69) is 35.6 Å². The Bertz CT molecular complexity index is 661. The number of aromatic nitrogens is 2. The minimum atomic E-state index is -0.595. The lowest BCUT2D eigenvalue weighted by atomic mass is 9.84. The van der Waals surface area contributed by atoms with Crippen LogP contribution in [0.3, 0.4) is 0 Å². The number of carbonyl (C=O) groups is 2. The van der Waals surface area contributed by atoms with E-state index in [1.54, 1.807) is 5.48 Å². The quantitative estimate of drug-likeness (QED) is 0.433. The van der Waals surface area contributed by atoms with Crippen LogP contribution in [0.5, 0.6) is 0 Å². The van der Waals surface area contributed by atoms with Crippen LogP contribution in [0.2, 0.25) is 0 Å². The van der Waals surface area contributed by atoms with Gasteiger partial charge in [-0.3, -0.25) is 14.8 Å². The number of amides is 1. The maximum Gasteiger partial charge on any atom is 0.302 e. The van der Waals surface area contributed by atoms with Gasteiger partial charge in [-0.2, -0.15) is 0 Å². The van der Waals surface area contributed by atoms with Crippen LogP contribution >= 0.6 is 0 Å². The molecule has 2 N–H and O–H groups in total. The number of ether oxygens (including phenoxy) is 2. The number of anilines is 1. The maximum atomic E-state index is 11.2. The topological polar surface area (TPSA) is 114 Å². The molecule has 3 rings (SSSR count). The van der Waals surface area contributed by atoms with E-state index in [0.29, 0.717) is 23.8 Å². The van der Waals surface area contributed by atoms with E-state index in [0.717, 1.165) is 39.0 Å². The van der Waals surface area contributed by atoms with Gasteiger partial charge in [-0.1, -0.05) is 20.8 Å². The molecule has 1 aromatic rings. The molecule has 162 valence electrons. The van der Waals surface area contributed by atoms with Gasteiger partial charge in [0.05, 0.1) is 18.8 Å². The number of nitrogens with one attached hydrogen (secondary N) is 1. The third-order valence-corrected chi connectivity index (χ3v) is 5.01. The van der Waals surface area contributed by atoms with Gasteiger partial charge in [0.2, 0.25) is 5.95 Å². The number of hydrogen-bond acceptors (Lipinski definition) is 8. The summed E-state index contributed by atoms with van der Waals surface area (Å²) in [4.78, 5) is 32.2. The zero-order valence-corrected chi connectivity index (χ0v) is 17.6. The molecule has 0 radical (unpaired) electrons. The fourth-order valence-corrected chi connectivity index (χ4v) is 3.49. The molecule has 0 bridgehead atoms. The van der Waals surface area contributed by atoms with Crippen LogP contribution in [-0.2, 0) is 14.3 Å². The van der Waals surface area contributed by atoms with Crippen molar-refractivity contribution in [2.24, 2.45) is 11.8 Å². The molecule has 29 heavy (non-hydrogen) atoms. The predicted molar refractivity (Wildman–Crippen MR) is 107 cm³/mol. The third-order valence-electron chi connectivity index (χ3n) is 5.01. The van der Waals surface area contributed by atoms with Gasteiger partial charge in [0.25, 0.3) is 5.91 Å². The average Bonchev–Trinajstić information content (AvgIpc) is 2.70. The highest BCUT2D eigenvalue weighted by molar-refractivity contribution is 5.92. The first-order valence-electron chi connectivity index (χ1n) is 10.1. The standard InChI is InChI=1S/C13H20N4O2.C7H12O3/c1-8(2)4-11-9(3)7-17(11)13-14-5-10(6-15-13)12(18)16-19;1-6(8)10-7-2-4-9-5-3-7/h5-6,8-9,11,19H,4,7H2,1-3H3,(H,16,18);7H,2-5H2,1H3. The largest absolute Gasteiger partial charge is 0.462 e. The normalized spacial score (nSPS) is 21.7. The minimum Gasteiger partial charge on any atom is -0.462 e. The molecular formula is C20H32N4O5. The van der Waals surface area contributed by atoms with Crippen molar-refractivity contribution in [2.45, 2.75) is 59.1 Å². The fourth-order valence-electron chi connectivity index (χ4n) is 3.49. The van der Waals surface area contributed by atoms with Gasteiger partial charge in [-0.15, -0.1) is 0 Å². The summed E-state index contributed by atoms with van der Waals surface area (Å²) in [7, 11) is 0. The van der Waals surface area contributed by atoms with E-state index < -0.39 is 5.91 Å². The predicted octanol–water partition coefficient (Wildman–Crippen LogP) is 2.19. The van der Waals surface area contributed by atoms with E-state index in [-0.39, 0.29) is 17.6 Å². The van der Waals surface area contributed by atoms with Crippen molar-refractivity contribution in [1.29, 1.82) is 0 Å². The van der Waals surface area contributed by atoms with Crippen LogP contribution in [0.1, 0.15) is 57.3 Å². The van der Waals surface area contributed by atoms with Crippen molar-refractivity contribution in [1.82, 2.24) is 15.4 Å². The second kappa shape index (κ2) is 11.1. The minimum absolute atomic E-state index is 0.103. The van der Waals surface area contributed by atoms with Crippen LogP contribution in [0.4, 0.5) is 5.95 Å². The molecular weight excluding hydrogens is 376 g/mol. The molecule has 0 saturated carbocycles.